The van der Waals surface area contributed by atoms with Gasteiger partial charge in [-0.15, -0.1) is 0 Å². The molecule has 3 rings (SSSR count). The number of carbonyl (C=O) groups excluding carboxylic acids is 1. The van der Waals surface area contributed by atoms with Crippen LogP contribution in [0.5, 0.6) is 0 Å². The Kier molecular flexibility index (Phi) is 3.95. The minimum atomic E-state index is 0.136. The fourth-order valence-electron chi connectivity index (χ4n) is 2.47. The summed E-state index contributed by atoms with van der Waals surface area (Å²) in [5.41, 5.74) is 2.93. The SMILES string of the molecule is CCO/C=C/c1ccc2[nH]cc(NC(=O)C3CCC3)c2c1. The first-order valence-electron chi connectivity index (χ1n) is 7.48. The molecule has 1 aromatic carbocycles. The third-order valence-corrected chi connectivity index (χ3v) is 3.96. The molecule has 21 heavy (non-hydrogen) atoms. The molecule has 0 radical (unpaired) electrons. The normalized spacial score (nSPS) is 15.3. The van der Waals surface area contributed by atoms with Gasteiger partial charge in [-0.2, -0.15) is 0 Å². The molecule has 4 heteroatoms. The first-order chi connectivity index (χ1) is 10.3. The lowest BCUT2D eigenvalue weighted by Gasteiger charge is -2.23. The van der Waals surface area contributed by atoms with Gasteiger partial charge in [0.2, 0.25) is 5.91 Å². The third kappa shape index (κ3) is 2.94. The number of benzene rings is 1. The van der Waals surface area contributed by atoms with Gasteiger partial charge in [-0.25, -0.2) is 0 Å². The molecule has 1 aliphatic rings. The first-order valence-corrected chi connectivity index (χ1v) is 7.48. The van der Waals surface area contributed by atoms with Crippen molar-refractivity contribution in [3.8, 4) is 0 Å². The standard InChI is InChI=1S/C17H20N2O2/c1-2-21-9-8-12-6-7-15-14(10-12)16(11-18-15)19-17(20)13-4-3-5-13/h6-11,13,18H,2-5H2,1H3,(H,19,20)/b9-8+. The van der Waals surface area contributed by atoms with Gasteiger partial charge in [0.15, 0.2) is 0 Å². The molecular weight excluding hydrogens is 264 g/mol. The van der Waals surface area contributed by atoms with Gasteiger partial charge in [0.1, 0.15) is 0 Å². The van der Waals surface area contributed by atoms with E-state index < -0.39 is 0 Å². The second-order valence-electron chi connectivity index (χ2n) is 5.38. The number of amides is 1. The number of H-pyrrole nitrogens is 1. The first kappa shape index (κ1) is 13.7. The smallest absolute Gasteiger partial charge is 0.227 e. The lowest BCUT2D eigenvalue weighted by molar-refractivity contribution is -0.122. The van der Waals surface area contributed by atoms with E-state index in [1.54, 1.807) is 6.26 Å². The molecule has 0 bridgehead atoms. The highest BCUT2D eigenvalue weighted by Gasteiger charge is 2.25. The van der Waals surface area contributed by atoms with Crippen molar-refractivity contribution in [2.24, 2.45) is 5.92 Å². The quantitative estimate of drug-likeness (QED) is 0.818. The third-order valence-electron chi connectivity index (χ3n) is 3.96. The van der Waals surface area contributed by atoms with Gasteiger partial charge < -0.3 is 15.0 Å². The molecule has 2 aromatic rings. The zero-order valence-electron chi connectivity index (χ0n) is 12.2. The number of aromatic nitrogens is 1. The predicted molar refractivity (Wildman–Crippen MR) is 84.9 cm³/mol. The minimum Gasteiger partial charge on any atom is -0.501 e. The monoisotopic (exact) mass is 284 g/mol. The van der Waals surface area contributed by atoms with E-state index in [4.69, 9.17) is 4.74 Å². The Bertz CT molecular complexity index is 668. The van der Waals surface area contributed by atoms with Gasteiger partial charge in [0, 0.05) is 23.0 Å². The van der Waals surface area contributed by atoms with Gasteiger partial charge in [0.05, 0.1) is 18.6 Å². The van der Waals surface area contributed by atoms with Gasteiger partial charge in [-0.3, -0.25) is 4.79 Å². The Morgan fingerprint density at radius 3 is 3.05 bits per heavy atom. The number of anilines is 1. The molecule has 1 saturated carbocycles. The zero-order valence-corrected chi connectivity index (χ0v) is 12.2. The van der Waals surface area contributed by atoms with Crippen molar-refractivity contribution >= 4 is 28.6 Å². The van der Waals surface area contributed by atoms with Crippen molar-refractivity contribution in [2.75, 3.05) is 11.9 Å². The van der Waals surface area contributed by atoms with Crippen LogP contribution in [0.15, 0.2) is 30.7 Å². The summed E-state index contributed by atoms with van der Waals surface area (Å²) < 4.78 is 5.22. The molecule has 0 atom stereocenters. The Hall–Kier alpha value is -2.23. The molecule has 2 N–H and O–H groups in total. The Balaban J connectivity index is 1.81. The Morgan fingerprint density at radius 1 is 1.48 bits per heavy atom. The number of carbonyl (C=O) groups is 1. The van der Waals surface area contributed by atoms with Crippen molar-refractivity contribution in [1.29, 1.82) is 0 Å². The van der Waals surface area contributed by atoms with E-state index in [9.17, 15) is 4.79 Å². The van der Waals surface area contributed by atoms with Crippen LogP contribution < -0.4 is 5.32 Å². The molecule has 4 nitrogen and oxygen atoms in total. The fourth-order valence-corrected chi connectivity index (χ4v) is 2.47. The van der Waals surface area contributed by atoms with Crippen LogP contribution in [-0.4, -0.2) is 17.5 Å². The van der Waals surface area contributed by atoms with Gasteiger partial charge in [-0.05, 0) is 43.5 Å². The average molecular weight is 284 g/mol. The predicted octanol–water partition coefficient (Wildman–Crippen LogP) is 3.91. The molecule has 1 aromatic heterocycles. The highest BCUT2D eigenvalue weighted by Crippen LogP contribution is 2.30. The van der Waals surface area contributed by atoms with Crippen LogP contribution in [0.4, 0.5) is 5.69 Å². The second kappa shape index (κ2) is 6.04. The average Bonchev–Trinajstić information content (AvgIpc) is 2.80. The second-order valence-corrected chi connectivity index (χ2v) is 5.38. The summed E-state index contributed by atoms with van der Waals surface area (Å²) in [6, 6.07) is 6.09. The van der Waals surface area contributed by atoms with E-state index in [0.29, 0.717) is 6.61 Å². The molecule has 110 valence electrons. The molecule has 1 heterocycles. The summed E-state index contributed by atoms with van der Waals surface area (Å²) in [6.45, 7) is 2.61. The van der Waals surface area contributed by atoms with Crippen molar-refractivity contribution in [1.82, 2.24) is 4.98 Å². The lowest BCUT2D eigenvalue weighted by Crippen LogP contribution is -2.27. The van der Waals surface area contributed by atoms with Gasteiger partial charge in [0.25, 0.3) is 0 Å². The number of aromatic amines is 1. The van der Waals surface area contributed by atoms with Crippen molar-refractivity contribution in [3.63, 3.8) is 0 Å². The van der Waals surface area contributed by atoms with Crippen molar-refractivity contribution in [3.05, 3.63) is 36.2 Å². The molecule has 1 amide bonds. The van der Waals surface area contributed by atoms with E-state index in [1.807, 2.05) is 31.3 Å². The van der Waals surface area contributed by atoms with E-state index in [2.05, 4.69) is 16.4 Å². The van der Waals surface area contributed by atoms with Gasteiger partial charge >= 0.3 is 0 Å². The molecular formula is C17H20N2O2. The van der Waals surface area contributed by atoms with E-state index in [1.165, 1.54) is 6.42 Å². The van der Waals surface area contributed by atoms with Crippen LogP contribution in [0.2, 0.25) is 0 Å². The number of rotatable bonds is 5. The molecule has 1 aliphatic carbocycles. The maximum atomic E-state index is 12.1. The summed E-state index contributed by atoms with van der Waals surface area (Å²) >= 11 is 0. The number of fused-ring (bicyclic) bond motifs is 1. The summed E-state index contributed by atoms with van der Waals surface area (Å²) in [7, 11) is 0. The van der Waals surface area contributed by atoms with Crippen LogP contribution >= 0.6 is 0 Å². The molecule has 0 aliphatic heterocycles. The maximum absolute atomic E-state index is 12.1. The summed E-state index contributed by atoms with van der Waals surface area (Å²) in [6.07, 6.45) is 8.66. The van der Waals surface area contributed by atoms with Crippen LogP contribution in [0, 0.1) is 5.92 Å². The summed E-state index contributed by atoms with van der Waals surface area (Å²) in [5.74, 6) is 0.327. The zero-order chi connectivity index (χ0) is 14.7. The van der Waals surface area contributed by atoms with Gasteiger partial charge in [-0.1, -0.05) is 12.5 Å². The van der Waals surface area contributed by atoms with E-state index in [0.717, 1.165) is 35.0 Å². The van der Waals surface area contributed by atoms with Crippen LogP contribution in [0.3, 0.4) is 0 Å². The molecule has 1 fully saturated rings. The van der Waals surface area contributed by atoms with E-state index in [-0.39, 0.29) is 11.8 Å². The maximum Gasteiger partial charge on any atom is 0.227 e. The summed E-state index contributed by atoms with van der Waals surface area (Å²) in [5, 5.41) is 4.06. The summed E-state index contributed by atoms with van der Waals surface area (Å²) in [4.78, 5) is 15.3. The Morgan fingerprint density at radius 2 is 2.33 bits per heavy atom. The molecule has 0 spiro atoms. The van der Waals surface area contributed by atoms with Crippen molar-refractivity contribution in [2.45, 2.75) is 26.2 Å². The number of nitrogens with one attached hydrogen (secondary N) is 2. The van der Waals surface area contributed by atoms with Crippen LogP contribution in [-0.2, 0) is 9.53 Å². The number of ether oxygens (including phenoxy) is 1. The fraction of sp³-hybridized carbons (Fsp3) is 0.353. The topological polar surface area (TPSA) is 54.1 Å². The molecule has 0 saturated heterocycles. The van der Waals surface area contributed by atoms with E-state index >= 15 is 0 Å². The Labute approximate surface area is 124 Å². The largest absolute Gasteiger partial charge is 0.501 e. The van der Waals surface area contributed by atoms with Crippen molar-refractivity contribution < 1.29 is 9.53 Å². The number of hydrogen-bond acceptors (Lipinski definition) is 2. The molecule has 0 unspecified atom stereocenters. The minimum absolute atomic E-state index is 0.136. The number of hydrogen-bond donors (Lipinski definition) is 2. The van der Waals surface area contributed by atoms with Crippen LogP contribution in [0.25, 0.3) is 17.0 Å². The highest BCUT2D eigenvalue weighted by molar-refractivity contribution is 6.03. The van der Waals surface area contributed by atoms with Crippen LogP contribution in [0.1, 0.15) is 31.7 Å². The highest BCUT2D eigenvalue weighted by atomic mass is 16.5. The lowest BCUT2D eigenvalue weighted by atomic mass is 9.85.